The lowest BCUT2D eigenvalue weighted by molar-refractivity contribution is 0.0940. The van der Waals surface area contributed by atoms with Gasteiger partial charge in [0.25, 0.3) is 0 Å². The average molecular weight is 298 g/mol. The molecule has 0 aromatic heterocycles. The van der Waals surface area contributed by atoms with Crippen molar-refractivity contribution >= 4 is 5.78 Å². The zero-order valence-corrected chi connectivity index (χ0v) is 12.3. The highest BCUT2D eigenvalue weighted by atomic mass is 19.2. The van der Waals surface area contributed by atoms with Crippen LogP contribution in [0.3, 0.4) is 0 Å². The number of carbonyl (C=O) groups excluding carboxylic acids is 1. The Morgan fingerprint density at radius 2 is 1.57 bits per heavy atom. The summed E-state index contributed by atoms with van der Waals surface area (Å²) in [4.78, 5) is 12.1. The summed E-state index contributed by atoms with van der Waals surface area (Å²) in [7, 11) is 0. The second-order valence-electron chi connectivity index (χ2n) is 6.06. The van der Waals surface area contributed by atoms with Gasteiger partial charge in [-0.1, -0.05) is 32.6 Å². The molecular weight excluding hydrogens is 277 g/mol. The molecule has 21 heavy (non-hydrogen) atoms. The molecule has 0 N–H and O–H groups in total. The van der Waals surface area contributed by atoms with E-state index in [2.05, 4.69) is 6.92 Å². The molecule has 116 valence electrons. The summed E-state index contributed by atoms with van der Waals surface area (Å²) >= 11 is 0. The fraction of sp³-hybridized carbons (Fsp3) is 0.588. The number of Topliss-reactive ketones (excluding diaryl/α,β-unsaturated/α-hetero) is 1. The molecule has 1 aromatic rings. The monoisotopic (exact) mass is 298 g/mol. The fourth-order valence-electron chi connectivity index (χ4n) is 3.23. The van der Waals surface area contributed by atoms with Gasteiger partial charge in [0.05, 0.1) is 0 Å². The molecule has 1 nitrogen and oxygen atoms in total. The summed E-state index contributed by atoms with van der Waals surface area (Å²) in [6, 6.07) is 1.59. The third kappa shape index (κ3) is 4.08. The zero-order chi connectivity index (χ0) is 15.4. The Kier molecular flexibility index (Phi) is 5.43. The summed E-state index contributed by atoms with van der Waals surface area (Å²) in [5.74, 6) is -3.39. The maximum Gasteiger partial charge on any atom is 0.194 e. The van der Waals surface area contributed by atoms with Crippen LogP contribution >= 0.6 is 0 Å². The van der Waals surface area contributed by atoms with Gasteiger partial charge in [0.15, 0.2) is 23.2 Å². The highest BCUT2D eigenvalue weighted by Crippen LogP contribution is 2.34. The second kappa shape index (κ2) is 7.10. The van der Waals surface area contributed by atoms with Gasteiger partial charge in [-0.25, -0.2) is 13.2 Å². The molecule has 0 bridgehead atoms. The molecule has 0 unspecified atom stereocenters. The van der Waals surface area contributed by atoms with Crippen molar-refractivity contribution in [2.24, 2.45) is 11.8 Å². The predicted octanol–water partition coefficient (Wildman–Crippen LogP) is 5.28. The minimum absolute atomic E-state index is 0.0675. The van der Waals surface area contributed by atoms with E-state index in [1.807, 2.05) is 0 Å². The van der Waals surface area contributed by atoms with Gasteiger partial charge in [0.2, 0.25) is 0 Å². The van der Waals surface area contributed by atoms with Crippen LogP contribution in [0.4, 0.5) is 13.2 Å². The first-order valence-corrected chi connectivity index (χ1v) is 7.69. The van der Waals surface area contributed by atoms with Gasteiger partial charge < -0.3 is 0 Å². The van der Waals surface area contributed by atoms with Crippen molar-refractivity contribution in [3.05, 3.63) is 35.1 Å². The van der Waals surface area contributed by atoms with Crippen molar-refractivity contribution in [1.29, 1.82) is 0 Å². The molecule has 1 fully saturated rings. The maximum absolute atomic E-state index is 13.1. The summed E-state index contributed by atoms with van der Waals surface area (Å²) < 4.78 is 39.2. The van der Waals surface area contributed by atoms with Crippen LogP contribution in [0.15, 0.2) is 12.1 Å². The molecule has 1 aliphatic carbocycles. The zero-order valence-electron chi connectivity index (χ0n) is 12.3. The molecule has 1 aliphatic rings. The summed E-state index contributed by atoms with van der Waals surface area (Å²) in [6.07, 6.45) is 6.93. The van der Waals surface area contributed by atoms with Crippen molar-refractivity contribution in [1.82, 2.24) is 0 Å². The van der Waals surface area contributed by atoms with E-state index in [-0.39, 0.29) is 17.3 Å². The summed E-state index contributed by atoms with van der Waals surface area (Å²) in [5, 5.41) is 0. The Labute approximate surface area is 123 Å². The van der Waals surface area contributed by atoms with E-state index in [1.54, 1.807) is 0 Å². The third-order valence-electron chi connectivity index (χ3n) is 4.44. The Balaban J connectivity index is 1.93. The molecule has 4 heteroatoms. The molecule has 0 atom stereocenters. The number of hydrogen-bond donors (Lipinski definition) is 0. The topological polar surface area (TPSA) is 17.1 Å². The van der Waals surface area contributed by atoms with E-state index in [4.69, 9.17) is 0 Å². The molecule has 0 aliphatic heterocycles. The molecule has 0 saturated heterocycles. The summed E-state index contributed by atoms with van der Waals surface area (Å²) in [5.41, 5.74) is -0.0675. The first kappa shape index (κ1) is 16.1. The lowest BCUT2D eigenvalue weighted by Crippen LogP contribution is -2.17. The van der Waals surface area contributed by atoms with Crippen LogP contribution in [0, 0.1) is 29.3 Å². The minimum Gasteiger partial charge on any atom is -0.294 e. The number of carbonyl (C=O) groups is 1. The molecule has 0 heterocycles. The van der Waals surface area contributed by atoms with Crippen LogP contribution in [0.2, 0.25) is 0 Å². The molecular formula is C17H21F3O. The van der Waals surface area contributed by atoms with Crippen LogP contribution in [0.25, 0.3) is 0 Å². The van der Waals surface area contributed by atoms with E-state index >= 15 is 0 Å². The van der Waals surface area contributed by atoms with Gasteiger partial charge in [-0.3, -0.25) is 4.79 Å². The predicted molar refractivity (Wildman–Crippen MR) is 75.6 cm³/mol. The van der Waals surface area contributed by atoms with E-state index in [1.165, 1.54) is 12.8 Å². The van der Waals surface area contributed by atoms with Crippen LogP contribution in [-0.4, -0.2) is 5.78 Å². The first-order chi connectivity index (χ1) is 10.0. The molecule has 1 saturated carbocycles. The van der Waals surface area contributed by atoms with Crippen molar-refractivity contribution in [2.45, 2.75) is 51.9 Å². The quantitative estimate of drug-likeness (QED) is 0.533. The standard InChI is InChI=1S/C17H21F3O/c1-2-3-11-4-6-12(7-5-11)8-16(21)13-9-14(18)17(20)15(19)10-13/h9-12H,2-8H2,1H3/t11-,12-. The minimum atomic E-state index is -1.52. The first-order valence-electron chi connectivity index (χ1n) is 7.69. The number of benzene rings is 1. The van der Waals surface area contributed by atoms with E-state index in [0.717, 1.165) is 43.7 Å². The van der Waals surface area contributed by atoms with Crippen LogP contribution < -0.4 is 0 Å². The highest BCUT2D eigenvalue weighted by Gasteiger charge is 2.24. The van der Waals surface area contributed by atoms with Gasteiger partial charge in [-0.15, -0.1) is 0 Å². The SMILES string of the molecule is CCC[C@H]1CC[C@H](CC(=O)c2cc(F)c(F)c(F)c2)CC1. The van der Waals surface area contributed by atoms with E-state index in [9.17, 15) is 18.0 Å². The molecule has 0 spiro atoms. The number of hydrogen-bond acceptors (Lipinski definition) is 1. The van der Waals surface area contributed by atoms with Crippen molar-refractivity contribution in [3.63, 3.8) is 0 Å². The van der Waals surface area contributed by atoms with Crippen molar-refractivity contribution in [2.75, 3.05) is 0 Å². The second-order valence-corrected chi connectivity index (χ2v) is 6.06. The van der Waals surface area contributed by atoms with E-state index < -0.39 is 17.5 Å². The Hall–Kier alpha value is -1.32. The van der Waals surface area contributed by atoms with Gasteiger partial charge >= 0.3 is 0 Å². The van der Waals surface area contributed by atoms with Gasteiger partial charge in [0.1, 0.15) is 0 Å². The summed E-state index contributed by atoms with van der Waals surface area (Å²) in [6.45, 7) is 2.17. The smallest absolute Gasteiger partial charge is 0.194 e. The normalized spacial score (nSPS) is 22.3. The Morgan fingerprint density at radius 3 is 2.10 bits per heavy atom. The largest absolute Gasteiger partial charge is 0.294 e. The molecule has 0 amide bonds. The Bertz CT molecular complexity index is 482. The van der Waals surface area contributed by atoms with E-state index in [0.29, 0.717) is 6.42 Å². The fourth-order valence-corrected chi connectivity index (χ4v) is 3.23. The molecule has 0 radical (unpaired) electrons. The third-order valence-corrected chi connectivity index (χ3v) is 4.44. The lowest BCUT2D eigenvalue weighted by atomic mass is 9.78. The van der Waals surface area contributed by atoms with Crippen molar-refractivity contribution in [3.8, 4) is 0 Å². The van der Waals surface area contributed by atoms with Crippen molar-refractivity contribution < 1.29 is 18.0 Å². The van der Waals surface area contributed by atoms with Gasteiger partial charge in [0, 0.05) is 12.0 Å². The maximum atomic E-state index is 13.1. The lowest BCUT2D eigenvalue weighted by Gasteiger charge is -2.27. The molecule has 2 rings (SSSR count). The number of ketones is 1. The highest BCUT2D eigenvalue weighted by molar-refractivity contribution is 5.96. The number of halogens is 3. The van der Waals surface area contributed by atoms with Gasteiger partial charge in [-0.05, 0) is 36.8 Å². The van der Waals surface area contributed by atoms with Crippen LogP contribution in [0.1, 0.15) is 62.2 Å². The average Bonchev–Trinajstić information content (AvgIpc) is 2.46. The van der Waals surface area contributed by atoms with Crippen LogP contribution in [-0.2, 0) is 0 Å². The number of rotatable bonds is 5. The van der Waals surface area contributed by atoms with Gasteiger partial charge in [-0.2, -0.15) is 0 Å². The van der Waals surface area contributed by atoms with Crippen LogP contribution in [0.5, 0.6) is 0 Å². The Morgan fingerprint density at radius 1 is 1.05 bits per heavy atom. The molecule has 1 aromatic carbocycles.